The second kappa shape index (κ2) is 10.6. The van der Waals surface area contributed by atoms with Gasteiger partial charge in [-0.25, -0.2) is 0 Å². The van der Waals surface area contributed by atoms with Crippen molar-refractivity contribution < 1.29 is 9.59 Å². The topological polar surface area (TPSA) is 58.2 Å². The lowest BCUT2D eigenvalue weighted by molar-refractivity contribution is -0.113. The summed E-state index contributed by atoms with van der Waals surface area (Å²) in [5, 5.41) is 7.73. The van der Waals surface area contributed by atoms with Gasteiger partial charge in [0.2, 0.25) is 0 Å². The van der Waals surface area contributed by atoms with Gasteiger partial charge in [-0.15, -0.1) is 0 Å². The molecule has 0 fully saturated rings. The lowest BCUT2D eigenvalue weighted by Crippen LogP contribution is -2.30. The van der Waals surface area contributed by atoms with E-state index in [1.165, 1.54) is 0 Å². The molecule has 162 valence electrons. The van der Waals surface area contributed by atoms with Crippen LogP contribution in [-0.4, -0.2) is 11.8 Å². The fourth-order valence-corrected chi connectivity index (χ4v) is 3.52. The molecule has 0 aliphatic heterocycles. The molecular weight excluding hydrogens is 476 g/mol. The number of amides is 2. The highest BCUT2D eigenvalue weighted by atomic mass is 79.9. The zero-order chi connectivity index (χ0) is 23.0. The van der Waals surface area contributed by atoms with Gasteiger partial charge in [-0.3, -0.25) is 9.59 Å². The van der Waals surface area contributed by atoms with Crippen LogP contribution in [0.5, 0.6) is 0 Å². The van der Waals surface area contributed by atoms with Crippen molar-refractivity contribution >= 4 is 50.3 Å². The second-order valence-electron chi connectivity index (χ2n) is 7.33. The first-order chi connectivity index (χ1) is 16.1. The largest absolute Gasteiger partial charge is 0.321 e. The summed E-state index contributed by atoms with van der Waals surface area (Å²) >= 11 is 3.36. The van der Waals surface area contributed by atoms with Gasteiger partial charge in [-0.05, 0) is 58.8 Å². The first kappa shape index (κ1) is 22.2. The minimum atomic E-state index is -0.409. The Labute approximate surface area is 200 Å². The van der Waals surface area contributed by atoms with E-state index in [4.69, 9.17) is 0 Å². The average molecular weight is 497 g/mol. The van der Waals surface area contributed by atoms with Crippen molar-refractivity contribution in [3.63, 3.8) is 0 Å². The molecule has 0 spiro atoms. The van der Waals surface area contributed by atoms with Crippen molar-refractivity contribution in [2.24, 2.45) is 0 Å². The Morgan fingerprint density at radius 2 is 1.45 bits per heavy atom. The van der Waals surface area contributed by atoms with Crippen LogP contribution in [0.2, 0.25) is 0 Å². The maximum absolute atomic E-state index is 13.1. The van der Waals surface area contributed by atoms with E-state index in [0.717, 1.165) is 20.8 Å². The standard InChI is InChI=1S/C28H21BrN2O2/c29-24-16-13-22(14-17-24)27(32)31-26(12-6-9-20-7-2-1-3-8-20)28(33)30-25-18-15-21-10-4-5-11-23(21)19-25/h1-19H,(H,30,33)(H,31,32). The predicted octanol–water partition coefficient (Wildman–Crippen LogP) is 6.57. The molecule has 0 aliphatic carbocycles. The number of fused-ring (bicyclic) bond motifs is 1. The third kappa shape index (κ3) is 6.05. The van der Waals surface area contributed by atoms with Gasteiger partial charge in [0.25, 0.3) is 11.8 Å². The summed E-state index contributed by atoms with van der Waals surface area (Å²) in [7, 11) is 0. The minimum absolute atomic E-state index is 0.142. The van der Waals surface area contributed by atoms with E-state index in [-0.39, 0.29) is 11.6 Å². The molecule has 0 aliphatic rings. The Bertz CT molecular complexity index is 1340. The Hall–Kier alpha value is -3.96. The number of benzene rings is 4. The fourth-order valence-electron chi connectivity index (χ4n) is 3.25. The van der Waals surface area contributed by atoms with Crippen LogP contribution in [0, 0.1) is 0 Å². The molecule has 2 amide bonds. The minimum Gasteiger partial charge on any atom is -0.321 e. The molecule has 4 nitrogen and oxygen atoms in total. The number of hydrogen-bond acceptors (Lipinski definition) is 2. The zero-order valence-electron chi connectivity index (χ0n) is 17.7. The van der Waals surface area contributed by atoms with E-state index in [1.807, 2.05) is 78.9 Å². The molecule has 0 radical (unpaired) electrons. The summed E-state index contributed by atoms with van der Waals surface area (Å²) in [6, 6.07) is 30.3. The molecule has 4 aromatic rings. The highest BCUT2D eigenvalue weighted by Gasteiger charge is 2.14. The molecule has 4 rings (SSSR count). The van der Waals surface area contributed by atoms with E-state index in [0.29, 0.717) is 11.3 Å². The van der Waals surface area contributed by atoms with Crippen molar-refractivity contribution in [3.8, 4) is 0 Å². The zero-order valence-corrected chi connectivity index (χ0v) is 19.3. The maximum Gasteiger partial charge on any atom is 0.272 e. The Kier molecular flexibility index (Phi) is 7.12. The molecule has 0 saturated carbocycles. The summed E-state index contributed by atoms with van der Waals surface area (Å²) in [6.45, 7) is 0. The normalized spacial score (nSPS) is 11.5. The Morgan fingerprint density at radius 1 is 0.758 bits per heavy atom. The number of hydrogen-bond donors (Lipinski definition) is 2. The molecule has 0 saturated heterocycles. The van der Waals surface area contributed by atoms with E-state index in [1.54, 1.807) is 36.4 Å². The lowest BCUT2D eigenvalue weighted by Gasteiger charge is -2.11. The van der Waals surface area contributed by atoms with Crippen LogP contribution in [0.1, 0.15) is 15.9 Å². The van der Waals surface area contributed by atoms with Crippen molar-refractivity contribution in [1.29, 1.82) is 0 Å². The third-order valence-electron chi connectivity index (χ3n) is 4.96. The monoisotopic (exact) mass is 496 g/mol. The van der Waals surface area contributed by atoms with Crippen molar-refractivity contribution in [2.45, 2.75) is 0 Å². The average Bonchev–Trinajstić information content (AvgIpc) is 2.84. The molecule has 0 heterocycles. The molecule has 33 heavy (non-hydrogen) atoms. The molecule has 2 N–H and O–H groups in total. The van der Waals surface area contributed by atoms with Crippen LogP contribution < -0.4 is 10.6 Å². The summed E-state index contributed by atoms with van der Waals surface area (Å²) in [5.41, 5.74) is 2.23. The van der Waals surface area contributed by atoms with Crippen molar-refractivity contribution in [1.82, 2.24) is 5.32 Å². The van der Waals surface area contributed by atoms with Gasteiger partial charge in [0.05, 0.1) is 0 Å². The fraction of sp³-hybridized carbons (Fsp3) is 0. The van der Waals surface area contributed by atoms with E-state index >= 15 is 0 Å². The quantitative estimate of drug-likeness (QED) is 0.234. The number of carbonyl (C=O) groups excluding carboxylic acids is 2. The van der Waals surface area contributed by atoms with Gasteiger partial charge < -0.3 is 10.6 Å². The third-order valence-corrected chi connectivity index (χ3v) is 5.49. The Morgan fingerprint density at radius 3 is 2.21 bits per heavy atom. The van der Waals surface area contributed by atoms with Gasteiger partial charge in [-0.1, -0.05) is 88.7 Å². The molecule has 5 heteroatoms. The molecule has 0 atom stereocenters. The van der Waals surface area contributed by atoms with Crippen LogP contribution >= 0.6 is 15.9 Å². The SMILES string of the molecule is O=C(Nc1ccc2ccccc2c1)C(=CC=Cc1ccccc1)NC(=O)c1ccc(Br)cc1. The lowest BCUT2D eigenvalue weighted by atomic mass is 10.1. The molecule has 4 aromatic carbocycles. The highest BCUT2D eigenvalue weighted by molar-refractivity contribution is 9.10. The van der Waals surface area contributed by atoms with Crippen LogP contribution in [-0.2, 0) is 4.79 Å². The molecular formula is C28H21BrN2O2. The van der Waals surface area contributed by atoms with Gasteiger partial charge in [0.1, 0.15) is 5.70 Å². The molecule has 0 aromatic heterocycles. The molecule has 0 unspecified atom stereocenters. The number of rotatable bonds is 6. The number of anilines is 1. The van der Waals surface area contributed by atoms with Gasteiger partial charge in [-0.2, -0.15) is 0 Å². The number of allylic oxidation sites excluding steroid dienone is 2. The summed E-state index contributed by atoms with van der Waals surface area (Å²) < 4.78 is 0.870. The molecule has 0 bridgehead atoms. The van der Waals surface area contributed by atoms with E-state index in [2.05, 4.69) is 26.6 Å². The summed E-state index contributed by atoms with van der Waals surface area (Å²) in [6.07, 6.45) is 5.21. The first-order valence-corrected chi connectivity index (χ1v) is 11.2. The van der Waals surface area contributed by atoms with Gasteiger partial charge in [0.15, 0.2) is 0 Å². The summed E-state index contributed by atoms with van der Waals surface area (Å²) in [4.78, 5) is 25.8. The second-order valence-corrected chi connectivity index (χ2v) is 8.24. The van der Waals surface area contributed by atoms with Crippen LogP contribution in [0.3, 0.4) is 0 Å². The van der Waals surface area contributed by atoms with Gasteiger partial charge >= 0.3 is 0 Å². The predicted molar refractivity (Wildman–Crippen MR) is 138 cm³/mol. The van der Waals surface area contributed by atoms with Crippen LogP contribution in [0.15, 0.2) is 119 Å². The van der Waals surface area contributed by atoms with Crippen LogP contribution in [0.25, 0.3) is 16.8 Å². The smallest absolute Gasteiger partial charge is 0.272 e. The van der Waals surface area contributed by atoms with E-state index < -0.39 is 5.91 Å². The van der Waals surface area contributed by atoms with Crippen molar-refractivity contribution in [3.05, 3.63) is 131 Å². The summed E-state index contributed by atoms with van der Waals surface area (Å²) in [5.74, 6) is -0.774. The first-order valence-electron chi connectivity index (χ1n) is 10.4. The van der Waals surface area contributed by atoms with Gasteiger partial charge in [0, 0.05) is 15.7 Å². The Balaban J connectivity index is 1.57. The number of nitrogens with one attached hydrogen (secondary N) is 2. The number of halogens is 1. The maximum atomic E-state index is 13.1. The van der Waals surface area contributed by atoms with E-state index in [9.17, 15) is 9.59 Å². The van der Waals surface area contributed by atoms with Crippen molar-refractivity contribution in [2.75, 3.05) is 5.32 Å². The van der Waals surface area contributed by atoms with Crippen LogP contribution in [0.4, 0.5) is 5.69 Å². The highest BCUT2D eigenvalue weighted by Crippen LogP contribution is 2.19. The number of carbonyl (C=O) groups is 2.